The van der Waals surface area contributed by atoms with Gasteiger partial charge in [0.1, 0.15) is 10.6 Å². The molecule has 1 unspecified atom stereocenters. The van der Waals surface area contributed by atoms with Crippen LogP contribution < -0.4 is 0 Å². The van der Waals surface area contributed by atoms with Crippen LogP contribution in [0, 0.1) is 5.92 Å². The highest BCUT2D eigenvalue weighted by molar-refractivity contribution is 7.89. The van der Waals surface area contributed by atoms with Crippen LogP contribution in [-0.2, 0) is 21.9 Å². The summed E-state index contributed by atoms with van der Waals surface area (Å²) in [6, 6.07) is 1.34. The van der Waals surface area contributed by atoms with Crippen molar-refractivity contribution in [1.82, 2.24) is 13.8 Å². The van der Waals surface area contributed by atoms with E-state index >= 15 is 0 Å². The first-order chi connectivity index (χ1) is 10.6. The lowest BCUT2D eigenvalue weighted by atomic mass is 10.0. The summed E-state index contributed by atoms with van der Waals surface area (Å²) in [6.07, 6.45) is 2.36. The minimum Gasteiger partial charge on any atom is -0.481 e. The molecule has 0 aliphatic carbocycles. The number of rotatable bonds is 4. The van der Waals surface area contributed by atoms with Gasteiger partial charge in [-0.1, -0.05) is 0 Å². The summed E-state index contributed by atoms with van der Waals surface area (Å²) >= 11 is 0. The molecule has 1 N–H and O–H groups in total. The molecule has 8 nitrogen and oxygen atoms in total. The number of carbonyl (C=O) groups is 2. The predicted octanol–water partition coefficient (Wildman–Crippen LogP) is 0.212. The maximum Gasteiger partial charge on any atom is 0.307 e. The van der Waals surface area contributed by atoms with Gasteiger partial charge in [0, 0.05) is 40.4 Å². The van der Waals surface area contributed by atoms with Crippen molar-refractivity contribution in [2.75, 3.05) is 27.2 Å². The van der Waals surface area contributed by atoms with Crippen molar-refractivity contribution in [3.63, 3.8) is 0 Å². The second kappa shape index (κ2) is 6.32. The first-order valence-corrected chi connectivity index (χ1v) is 8.69. The van der Waals surface area contributed by atoms with Crippen LogP contribution in [0.3, 0.4) is 0 Å². The average molecular weight is 343 g/mol. The molecule has 1 saturated heterocycles. The molecule has 0 spiro atoms. The Bertz CT molecular complexity index is 723. The molecule has 1 atom stereocenters. The summed E-state index contributed by atoms with van der Waals surface area (Å²) in [7, 11) is 0.970. The molecule has 23 heavy (non-hydrogen) atoms. The zero-order chi connectivity index (χ0) is 17.4. The highest BCUT2D eigenvalue weighted by atomic mass is 32.2. The van der Waals surface area contributed by atoms with Crippen molar-refractivity contribution in [2.24, 2.45) is 13.0 Å². The van der Waals surface area contributed by atoms with Gasteiger partial charge in [-0.05, 0) is 18.9 Å². The fourth-order valence-corrected chi connectivity index (χ4v) is 4.22. The lowest BCUT2D eigenvalue weighted by Gasteiger charge is -2.29. The van der Waals surface area contributed by atoms with E-state index in [-0.39, 0.29) is 29.6 Å². The lowest BCUT2D eigenvalue weighted by molar-refractivity contribution is -0.142. The summed E-state index contributed by atoms with van der Waals surface area (Å²) in [6.45, 7) is 0.251. The molecule has 0 bridgehead atoms. The fourth-order valence-electron chi connectivity index (χ4n) is 2.63. The van der Waals surface area contributed by atoms with E-state index in [1.165, 1.54) is 26.0 Å². The summed E-state index contributed by atoms with van der Waals surface area (Å²) in [5.74, 6) is -1.97. The van der Waals surface area contributed by atoms with Gasteiger partial charge in [-0.3, -0.25) is 9.59 Å². The second-order valence-electron chi connectivity index (χ2n) is 5.91. The Balaban J connectivity index is 2.31. The zero-order valence-corrected chi connectivity index (χ0v) is 14.2. The SMILES string of the molecule is CN(C)C(=O)c1cc(S(=O)(=O)N2CCCC(C(=O)O)C2)cn1C. The van der Waals surface area contributed by atoms with Crippen molar-refractivity contribution in [3.05, 3.63) is 18.0 Å². The second-order valence-corrected chi connectivity index (χ2v) is 7.85. The number of sulfonamides is 1. The quantitative estimate of drug-likeness (QED) is 0.842. The number of hydrogen-bond donors (Lipinski definition) is 1. The summed E-state index contributed by atoms with van der Waals surface area (Å²) < 4.78 is 28.1. The average Bonchev–Trinajstić information content (AvgIpc) is 2.89. The van der Waals surface area contributed by atoms with Crippen LogP contribution in [0.2, 0.25) is 0 Å². The molecule has 128 valence electrons. The third-order valence-corrected chi connectivity index (χ3v) is 5.81. The molecule has 9 heteroatoms. The molecule has 0 radical (unpaired) electrons. The maximum atomic E-state index is 12.7. The largest absolute Gasteiger partial charge is 0.481 e. The van der Waals surface area contributed by atoms with Crippen LogP contribution in [0.4, 0.5) is 0 Å². The first-order valence-electron chi connectivity index (χ1n) is 7.25. The van der Waals surface area contributed by atoms with Crippen molar-refractivity contribution >= 4 is 21.9 Å². The van der Waals surface area contributed by atoms with Gasteiger partial charge < -0.3 is 14.6 Å². The molecular formula is C14H21N3O5S. The van der Waals surface area contributed by atoms with Gasteiger partial charge in [0.15, 0.2) is 0 Å². The number of amides is 1. The third kappa shape index (κ3) is 3.40. The van der Waals surface area contributed by atoms with E-state index in [1.807, 2.05) is 0 Å². The Kier molecular flexibility index (Phi) is 4.81. The molecule has 0 saturated carbocycles. The van der Waals surface area contributed by atoms with E-state index < -0.39 is 21.9 Å². The Morgan fingerprint density at radius 3 is 2.57 bits per heavy atom. The van der Waals surface area contributed by atoms with Gasteiger partial charge in [0.25, 0.3) is 5.91 Å². The molecule has 1 amide bonds. The van der Waals surface area contributed by atoms with Crippen LogP contribution in [-0.4, -0.2) is 66.4 Å². The van der Waals surface area contributed by atoms with Crippen LogP contribution in [0.5, 0.6) is 0 Å². The van der Waals surface area contributed by atoms with Crippen LogP contribution in [0.25, 0.3) is 0 Å². The number of aromatic nitrogens is 1. The van der Waals surface area contributed by atoms with E-state index in [0.29, 0.717) is 12.8 Å². The zero-order valence-electron chi connectivity index (χ0n) is 13.4. The molecule has 1 aliphatic rings. The minimum absolute atomic E-state index is 0.0104. The summed E-state index contributed by atoms with van der Waals surface area (Å²) in [5, 5.41) is 9.10. The first kappa shape index (κ1) is 17.5. The van der Waals surface area contributed by atoms with E-state index in [0.717, 1.165) is 0 Å². The van der Waals surface area contributed by atoms with Crippen LogP contribution >= 0.6 is 0 Å². The van der Waals surface area contributed by atoms with Gasteiger partial charge in [-0.25, -0.2) is 8.42 Å². The molecule has 2 rings (SSSR count). The smallest absolute Gasteiger partial charge is 0.307 e. The van der Waals surface area contributed by atoms with Crippen molar-refractivity contribution in [2.45, 2.75) is 17.7 Å². The molecule has 2 heterocycles. The van der Waals surface area contributed by atoms with Crippen molar-refractivity contribution < 1.29 is 23.1 Å². The van der Waals surface area contributed by atoms with Crippen molar-refractivity contribution in [1.29, 1.82) is 0 Å². The van der Waals surface area contributed by atoms with E-state index in [4.69, 9.17) is 5.11 Å². The standard InChI is InChI=1S/C14H21N3O5S/c1-15(2)13(18)12-7-11(9-16(12)3)23(21,22)17-6-4-5-10(8-17)14(19)20/h7,9-10H,4-6,8H2,1-3H3,(H,19,20). The topological polar surface area (TPSA) is 99.9 Å². The van der Waals surface area contributed by atoms with E-state index in [1.54, 1.807) is 21.1 Å². The number of carboxylic acids is 1. The minimum atomic E-state index is -3.81. The Labute approximate surface area is 135 Å². The number of aliphatic carboxylic acids is 1. The van der Waals surface area contributed by atoms with Gasteiger partial charge in [-0.2, -0.15) is 4.31 Å². The number of piperidine rings is 1. The summed E-state index contributed by atoms with van der Waals surface area (Å²) in [5.41, 5.74) is 0.264. The van der Waals surface area contributed by atoms with Crippen LogP contribution in [0.1, 0.15) is 23.3 Å². The molecule has 0 aromatic carbocycles. The van der Waals surface area contributed by atoms with Gasteiger partial charge >= 0.3 is 5.97 Å². The Hall–Kier alpha value is -1.87. The van der Waals surface area contributed by atoms with Gasteiger partial charge in [0.2, 0.25) is 10.0 Å². The number of nitrogens with zero attached hydrogens (tertiary/aromatic N) is 3. The Morgan fingerprint density at radius 1 is 1.35 bits per heavy atom. The fraction of sp³-hybridized carbons (Fsp3) is 0.571. The van der Waals surface area contributed by atoms with Gasteiger partial charge in [-0.15, -0.1) is 0 Å². The normalized spacial score (nSPS) is 19.5. The predicted molar refractivity (Wildman–Crippen MR) is 82.5 cm³/mol. The highest BCUT2D eigenvalue weighted by Crippen LogP contribution is 2.25. The number of carbonyl (C=O) groups excluding carboxylic acids is 1. The molecule has 1 fully saturated rings. The molecule has 1 aromatic rings. The molecule has 1 aromatic heterocycles. The lowest BCUT2D eigenvalue weighted by Crippen LogP contribution is -2.42. The monoisotopic (exact) mass is 343 g/mol. The third-order valence-electron chi connectivity index (χ3n) is 3.98. The van der Waals surface area contributed by atoms with Crippen molar-refractivity contribution in [3.8, 4) is 0 Å². The molecule has 1 aliphatic heterocycles. The number of aryl methyl sites for hydroxylation is 1. The van der Waals surface area contributed by atoms with Gasteiger partial charge in [0.05, 0.1) is 5.92 Å². The Morgan fingerprint density at radius 2 is 2.00 bits per heavy atom. The number of hydrogen-bond acceptors (Lipinski definition) is 4. The summed E-state index contributed by atoms with van der Waals surface area (Å²) in [4.78, 5) is 24.5. The molecular weight excluding hydrogens is 322 g/mol. The van der Waals surface area contributed by atoms with E-state index in [9.17, 15) is 18.0 Å². The van der Waals surface area contributed by atoms with Crippen LogP contribution in [0.15, 0.2) is 17.2 Å². The highest BCUT2D eigenvalue weighted by Gasteiger charge is 2.34. The maximum absolute atomic E-state index is 12.7. The van der Waals surface area contributed by atoms with E-state index in [2.05, 4.69) is 0 Å². The number of carboxylic acid groups (broad SMARTS) is 1.